The fourth-order valence-electron chi connectivity index (χ4n) is 1.89. The van der Waals surface area contributed by atoms with Crippen molar-refractivity contribution in [3.05, 3.63) is 42.4 Å². The van der Waals surface area contributed by atoms with Crippen LogP contribution in [-0.2, 0) is 0 Å². The molecule has 0 bridgehead atoms. The molecule has 1 N–H and O–H groups in total. The Morgan fingerprint density at radius 3 is 2.68 bits per heavy atom. The average Bonchev–Trinajstić information content (AvgIpc) is 2.93. The van der Waals surface area contributed by atoms with E-state index in [1.807, 2.05) is 13.0 Å². The second-order valence-corrected chi connectivity index (χ2v) is 4.25. The van der Waals surface area contributed by atoms with Crippen LogP contribution in [-0.4, -0.2) is 6.29 Å². The topological polar surface area (TPSA) is 43.6 Å². The number of furan rings is 1. The summed E-state index contributed by atoms with van der Waals surface area (Å²) in [6, 6.07) is 6.39. The molecule has 0 spiro atoms. The summed E-state index contributed by atoms with van der Waals surface area (Å²) < 4.78 is 39.5. The largest absolute Gasteiger partial charge is 0.586 e. The molecular formula is C13H11F2NO3. The van der Waals surface area contributed by atoms with E-state index < -0.39 is 6.29 Å². The van der Waals surface area contributed by atoms with Crippen LogP contribution in [0.5, 0.6) is 11.5 Å². The van der Waals surface area contributed by atoms with Crippen LogP contribution in [0.2, 0.25) is 0 Å². The first-order chi connectivity index (χ1) is 9.03. The number of alkyl halides is 2. The van der Waals surface area contributed by atoms with Gasteiger partial charge in [0.15, 0.2) is 11.5 Å². The number of nitrogens with one attached hydrogen (secondary N) is 1. The Bertz CT molecular complexity index is 584. The molecule has 2 aromatic rings. The molecule has 4 nitrogen and oxygen atoms in total. The minimum absolute atomic E-state index is 0.0142. The fourth-order valence-corrected chi connectivity index (χ4v) is 1.89. The minimum atomic E-state index is -3.59. The van der Waals surface area contributed by atoms with E-state index in [4.69, 9.17) is 4.42 Å². The number of fused-ring (bicyclic) bond motifs is 1. The third-order valence-corrected chi connectivity index (χ3v) is 2.83. The SMILES string of the molecule is CC(Nc1ccc2c(c1)OC(F)(F)O2)c1ccoc1. The maximum absolute atomic E-state index is 12.9. The summed E-state index contributed by atoms with van der Waals surface area (Å²) in [4.78, 5) is 0. The molecule has 0 amide bonds. The Morgan fingerprint density at radius 1 is 1.16 bits per heavy atom. The lowest BCUT2D eigenvalue weighted by atomic mass is 10.1. The second-order valence-electron chi connectivity index (χ2n) is 4.25. The Balaban J connectivity index is 1.77. The maximum Gasteiger partial charge on any atom is 0.586 e. The number of benzene rings is 1. The molecule has 6 heteroatoms. The van der Waals surface area contributed by atoms with E-state index in [1.165, 1.54) is 12.1 Å². The molecule has 100 valence electrons. The van der Waals surface area contributed by atoms with Gasteiger partial charge in [0.25, 0.3) is 0 Å². The van der Waals surface area contributed by atoms with Crippen molar-refractivity contribution in [2.24, 2.45) is 0 Å². The van der Waals surface area contributed by atoms with Gasteiger partial charge in [-0.2, -0.15) is 0 Å². The zero-order valence-corrected chi connectivity index (χ0v) is 10.0. The summed E-state index contributed by atoms with van der Waals surface area (Å²) in [5, 5.41) is 3.16. The quantitative estimate of drug-likeness (QED) is 0.919. The van der Waals surface area contributed by atoms with E-state index >= 15 is 0 Å². The van der Waals surface area contributed by atoms with Crippen molar-refractivity contribution in [1.82, 2.24) is 0 Å². The molecule has 1 aliphatic heterocycles. The van der Waals surface area contributed by atoms with Gasteiger partial charge in [-0.3, -0.25) is 0 Å². The fraction of sp³-hybridized carbons (Fsp3) is 0.231. The first-order valence-electron chi connectivity index (χ1n) is 5.72. The van der Waals surface area contributed by atoms with E-state index in [9.17, 15) is 8.78 Å². The summed E-state index contributed by atoms with van der Waals surface area (Å²) >= 11 is 0. The van der Waals surface area contributed by atoms with Gasteiger partial charge in [0.05, 0.1) is 18.6 Å². The van der Waals surface area contributed by atoms with Gasteiger partial charge < -0.3 is 19.2 Å². The lowest BCUT2D eigenvalue weighted by Gasteiger charge is -2.13. The average molecular weight is 267 g/mol. The molecule has 1 aromatic heterocycles. The minimum Gasteiger partial charge on any atom is -0.472 e. The van der Waals surface area contributed by atoms with Crippen LogP contribution >= 0.6 is 0 Å². The van der Waals surface area contributed by atoms with Gasteiger partial charge in [-0.1, -0.05) is 0 Å². The summed E-state index contributed by atoms with van der Waals surface area (Å²) in [5.74, 6) is 0.0564. The van der Waals surface area contributed by atoms with Crippen molar-refractivity contribution in [1.29, 1.82) is 0 Å². The van der Waals surface area contributed by atoms with E-state index in [-0.39, 0.29) is 17.5 Å². The molecule has 1 atom stereocenters. The molecule has 1 unspecified atom stereocenters. The van der Waals surface area contributed by atoms with Crippen molar-refractivity contribution in [2.45, 2.75) is 19.3 Å². The van der Waals surface area contributed by atoms with Crippen LogP contribution in [0.1, 0.15) is 18.5 Å². The summed E-state index contributed by atoms with van der Waals surface area (Å²) in [6.45, 7) is 1.93. The molecule has 2 heterocycles. The highest BCUT2D eigenvalue weighted by molar-refractivity contribution is 5.56. The third-order valence-electron chi connectivity index (χ3n) is 2.83. The second kappa shape index (κ2) is 4.15. The predicted octanol–water partition coefficient (Wildman–Crippen LogP) is 3.77. The van der Waals surface area contributed by atoms with Crippen molar-refractivity contribution in [3.63, 3.8) is 0 Å². The van der Waals surface area contributed by atoms with Gasteiger partial charge >= 0.3 is 6.29 Å². The van der Waals surface area contributed by atoms with E-state index in [1.54, 1.807) is 18.6 Å². The predicted molar refractivity (Wildman–Crippen MR) is 63.4 cm³/mol. The van der Waals surface area contributed by atoms with Crippen LogP contribution < -0.4 is 14.8 Å². The highest BCUT2D eigenvalue weighted by Crippen LogP contribution is 2.42. The molecule has 0 saturated heterocycles. The monoisotopic (exact) mass is 267 g/mol. The molecule has 0 aliphatic carbocycles. The highest BCUT2D eigenvalue weighted by Gasteiger charge is 2.43. The van der Waals surface area contributed by atoms with Crippen LogP contribution in [0.25, 0.3) is 0 Å². The Labute approximate surface area is 107 Å². The molecule has 1 aliphatic rings. The van der Waals surface area contributed by atoms with Crippen molar-refractivity contribution < 1.29 is 22.7 Å². The summed E-state index contributed by atoms with van der Waals surface area (Å²) in [6.07, 6.45) is -0.385. The number of ether oxygens (including phenoxy) is 2. The standard InChI is InChI=1S/C13H11F2NO3/c1-8(9-4-5-17-7-9)16-10-2-3-11-12(6-10)19-13(14,15)18-11/h2-8,16H,1H3. The van der Waals surface area contributed by atoms with Gasteiger partial charge in [0.2, 0.25) is 0 Å². The first-order valence-corrected chi connectivity index (χ1v) is 5.72. The van der Waals surface area contributed by atoms with Crippen LogP contribution in [0, 0.1) is 0 Å². The smallest absolute Gasteiger partial charge is 0.472 e. The lowest BCUT2D eigenvalue weighted by molar-refractivity contribution is -0.286. The Hall–Kier alpha value is -2.24. The van der Waals surface area contributed by atoms with Gasteiger partial charge in [0, 0.05) is 17.3 Å². The maximum atomic E-state index is 12.9. The highest BCUT2D eigenvalue weighted by atomic mass is 19.3. The Morgan fingerprint density at radius 2 is 1.95 bits per heavy atom. The molecule has 0 fully saturated rings. The number of anilines is 1. The van der Waals surface area contributed by atoms with Gasteiger partial charge in [-0.05, 0) is 25.1 Å². The van der Waals surface area contributed by atoms with Gasteiger partial charge in [-0.25, -0.2) is 0 Å². The zero-order valence-electron chi connectivity index (χ0n) is 10.0. The molecule has 0 saturated carbocycles. The normalized spacial score (nSPS) is 17.2. The van der Waals surface area contributed by atoms with Crippen molar-refractivity contribution >= 4 is 5.69 Å². The number of halogens is 2. The number of hydrogen-bond acceptors (Lipinski definition) is 4. The molecule has 1 aromatic carbocycles. The van der Waals surface area contributed by atoms with Crippen LogP contribution in [0.3, 0.4) is 0 Å². The van der Waals surface area contributed by atoms with Crippen LogP contribution in [0.4, 0.5) is 14.5 Å². The van der Waals surface area contributed by atoms with E-state index in [2.05, 4.69) is 14.8 Å². The van der Waals surface area contributed by atoms with Gasteiger partial charge in [-0.15, -0.1) is 8.78 Å². The molecule has 3 rings (SSSR count). The lowest BCUT2D eigenvalue weighted by Crippen LogP contribution is -2.25. The summed E-state index contributed by atoms with van der Waals surface area (Å²) in [5.41, 5.74) is 1.62. The van der Waals surface area contributed by atoms with Crippen LogP contribution in [0.15, 0.2) is 41.2 Å². The van der Waals surface area contributed by atoms with Crippen molar-refractivity contribution in [2.75, 3.05) is 5.32 Å². The van der Waals surface area contributed by atoms with E-state index in [0.29, 0.717) is 5.69 Å². The molecule has 0 radical (unpaired) electrons. The Kier molecular flexibility index (Phi) is 2.58. The number of rotatable bonds is 3. The first kappa shape index (κ1) is 11.8. The third kappa shape index (κ3) is 2.33. The van der Waals surface area contributed by atoms with E-state index in [0.717, 1.165) is 5.56 Å². The molecule has 19 heavy (non-hydrogen) atoms. The van der Waals surface area contributed by atoms with Gasteiger partial charge in [0.1, 0.15) is 0 Å². The summed E-state index contributed by atoms with van der Waals surface area (Å²) in [7, 11) is 0. The zero-order chi connectivity index (χ0) is 13.5. The molecular weight excluding hydrogens is 256 g/mol. The number of hydrogen-bond donors (Lipinski definition) is 1. The van der Waals surface area contributed by atoms with Crippen molar-refractivity contribution in [3.8, 4) is 11.5 Å².